The molecule has 1 saturated carbocycles. The summed E-state index contributed by atoms with van der Waals surface area (Å²) in [7, 11) is 0. The van der Waals surface area contributed by atoms with Crippen molar-refractivity contribution in [3.8, 4) is 0 Å². The molecular weight excluding hydrogens is 304 g/mol. The summed E-state index contributed by atoms with van der Waals surface area (Å²) in [6, 6.07) is 2.01. The Morgan fingerprint density at radius 2 is 1.92 bits per heavy atom. The smallest absolute Gasteiger partial charge is 0.274 e. The lowest BCUT2D eigenvalue weighted by Crippen LogP contribution is -2.50. The van der Waals surface area contributed by atoms with Crippen LogP contribution in [-0.4, -0.2) is 69.4 Å². The Bertz CT molecular complexity index is 591. The van der Waals surface area contributed by atoms with Crippen LogP contribution in [0.3, 0.4) is 0 Å². The second-order valence-electron chi connectivity index (χ2n) is 8.25. The van der Waals surface area contributed by atoms with Crippen LogP contribution in [0.1, 0.15) is 62.6 Å². The third-order valence-corrected chi connectivity index (χ3v) is 4.77. The van der Waals surface area contributed by atoms with Crippen molar-refractivity contribution in [1.29, 1.82) is 0 Å². The van der Waals surface area contributed by atoms with Crippen LogP contribution in [0.5, 0.6) is 0 Å². The van der Waals surface area contributed by atoms with Gasteiger partial charge in [0.1, 0.15) is 0 Å². The molecule has 1 saturated heterocycles. The Balaban J connectivity index is 1.70. The first kappa shape index (κ1) is 17.4. The monoisotopic (exact) mass is 334 g/mol. The Morgan fingerprint density at radius 3 is 2.42 bits per heavy atom. The fraction of sp³-hybridized carbons (Fsp3) is 0.778. The Hall–Kier alpha value is -1.40. The summed E-state index contributed by atoms with van der Waals surface area (Å²) >= 11 is 0. The highest BCUT2D eigenvalue weighted by Gasteiger charge is 2.33. The van der Waals surface area contributed by atoms with Crippen LogP contribution in [0.2, 0.25) is 0 Å². The SMILES string of the molecule is CC(O)CN1CCN(C(=O)c2cc(C3CC3)n(C(C)(C)C)n2)CC1. The van der Waals surface area contributed by atoms with Gasteiger partial charge in [-0.2, -0.15) is 5.10 Å². The number of piperazine rings is 1. The number of rotatable bonds is 4. The second kappa shape index (κ2) is 6.48. The lowest BCUT2D eigenvalue weighted by Gasteiger charge is -2.34. The predicted molar refractivity (Wildman–Crippen MR) is 93.2 cm³/mol. The zero-order chi connectivity index (χ0) is 17.5. The van der Waals surface area contributed by atoms with Gasteiger partial charge in [0, 0.05) is 44.3 Å². The van der Waals surface area contributed by atoms with Gasteiger partial charge in [0.25, 0.3) is 5.91 Å². The van der Waals surface area contributed by atoms with Crippen molar-refractivity contribution in [2.45, 2.75) is 58.1 Å². The van der Waals surface area contributed by atoms with Gasteiger partial charge in [0.2, 0.25) is 0 Å². The molecule has 1 N–H and O–H groups in total. The third-order valence-electron chi connectivity index (χ3n) is 4.77. The lowest BCUT2D eigenvalue weighted by atomic mass is 10.1. The second-order valence-corrected chi connectivity index (χ2v) is 8.25. The topological polar surface area (TPSA) is 61.6 Å². The van der Waals surface area contributed by atoms with Crippen LogP contribution in [0.15, 0.2) is 6.07 Å². The fourth-order valence-electron chi connectivity index (χ4n) is 3.38. The maximum atomic E-state index is 12.8. The molecule has 6 heteroatoms. The summed E-state index contributed by atoms with van der Waals surface area (Å²) in [5.41, 5.74) is 1.68. The molecule has 0 spiro atoms. The van der Waals surface area contributed by atoms with Gasteiger partial charge < -0.3 is 10.0 Å². The van der Waals surface area contributed by atoms with Crippen molar-refractivity contribution < 1.29 is 9.90 Å². The average molecular weight is 334 g/mol. The number of carbonyl (C=O) groups excluding carboxylic acids is 1. The largest absolute Gasteiger partial charge is 0.392 e. The number of aliphatic hydroxyl groups is 1. The van der Waals surface area contributed by atoms with Gasteiger partial charge in [-0.25, -0.2) is 0 Å². The Kier molecular flexibility index (Phi) is 4.71. The van der Waals surface area contributed by atoms with Crippen molar-refractivity contribution in [3.63, 3.8) is 0 Å². The van der Waals surface area contributed by atoms with Crippen LogP contribution < -0.4 is 0 Å². The normalized spacial score (nSPS) is 21.1. The van der Waals surface area contributed by atoms with Crippen LogP contribution in [0, 0.1) is 0 Å². The first-order valence-electron chi connectivity index (χ1n) is 9.06. The molecule has 6 nitrogen and oxygen atoms in total. The van der Waals surface area contributed by atoms with Gasteiger partial charge in [0.05, 0.1) is 11.6 Å². The average Bonchev–Trinajstić information content (AvgIpc) is 3.24. The third kappa shape index (κ3) is 3.81. The van der Waals surface area contributed by atoms with E-state index in [1.54, 1.807) is 6.92 Å². The standard InChI is InChI=1S/C18H30N4O2/c1-13(23)12-20-7-9-21(10-8-20)17(24)15-11-16(14-5-6-14)22(19-15)18(2,3)4/h11,13-14,23H,5-10,12H2,1-4H3. The number of hydrogen-bond donors (Lipinski definition) is 1. The maximum Gasteiger partial charge on any atom is 0.274 e. The molecule has 24 heavy (non-hydrogen) atoms. The summed E-state index contributed by atoms with van der Waals surface area (Å²) in [5.74, 6) is 0.609. The van der Waals surface area contributed by atoms with Crippen LogP contribution >= 0.6 is 0 Å². The molecule has 0 bridgehead atoms. The summed E-state index contributed by atoms with van der Waals surface area (Å²) in [6.07, 6.45) is 2.08. The molecule has 134 valence electrons. The van der Waals surface area contributed by atoms with Gasteiger partial charge in [-0.15, -0.1) is 0 Å². The molecule has 1 amide bonds. The zero-order valence-corrected chi connectivity index (χ0v) is 15.3. The zero-order valence-electron chi connectivity index (χ0n) is 15.3. The number of carbonyl (C=O) groups is 1. The predicted octanol–water partition coefficient (Wildman–Crippen LogP) is 1.65. The molecule has 0 radical (unpaired) electrons. The van der Waals surface area contributed by atoms with E-state index in [-0.39, 0.29) is 17.6 Å². The van der Waals surface area contributed by atoms with Gasteiger partial charge in [-0.1, -0.05) is 0 Å². The van der Waals surface area contributed by atoms with Crippen LogP contribution in [-0.2, 0) is 5.54 Å². The van der Waals surface area contributed by atoms with Crippen molar-refractivity contribution >= 4 is 5.91 Å². The van der Waals surface area contributed by atoms with Gasteiger partial charge >= 0.3 is 0 Å². The number of aliphatic hydroxyl groups excluding tert-OH is 1. The highest BCUT2D eigenvalue weighted by Crippen LogP contribution is 2.41. The fourth-order valence-corrected chi connectivity index (χ4v) is 3.38. The minimum atomic E-state index is -0.323. The van der Waals surface area contributed by atoms with E-state index in [2.05, 4.69) is 30.8 Å². The van der Waals surface area contributed by atoms with Crippen LogP contribution in [0.25, 0.3) is 0 Å². The van der Waals surface area contributed by atoms with Gasteiger partial charge in [-0.3, -0.25) is 14.4 Å². The number of hydrogen-bond acceptors (Lipinski definition) is 4. The van der Waals surface area contributed by atoms with E-state index in [9.17, 15) is 9.90 Å². The van der Waals surface area contributed by atoms with Gasteiger partial charge in [0.15, 0.2) is 5.69 Å². The Morgan fingerprint density at radius 1 is 1.29 bits per heavy atom. The summed E-state index contributed by atoms with van der Waals surface area (Å²) in [6.45, 7) is 11.9. The molecule has 1 aliphatic heterocycles. The number of β-amino-alcohol motifs (C(OH)–C–C–N with tert-alkyl or cyclic N) is 1. The molecule has 1 aromatic rings. The first-order valence-corrected chi connectivity index (χ1v) is 9.06. The van der Waals surface area contributed by atoms with E-state index in [0.717, 1.165) is 13.1 Å². The molecule has 1 aromatic heterocycles. The summed E-state index contributed by atoms with van der Waals surface area (Å²) < 4.78 is 2.04. The molecule has 2 aliphatic rings. The van der Waals surface area contributed by atoms with Crippen molar-refractivity contribution in [1.82, 2.24) is 19.6 Å². The quantitative estimate of drug-likeness (QED) is 0.909. The van der Waals surface area contributed by atoms with E-state index in [4.69, 9.17) is 0 Å². The van der Waals surface area contributed by atoms with Crippen LogP contribution in [0.4, 0.5) is 0 Å². The maximum absolute atomic E-state index is 12.8. The first-order chi connectivity index (χ1) is 11.3. The van der Waals surface area contributed by atoms with Crippen molar-refractivity contribution in [3.05, 3.63) is 17.5 Å². The molecule has 0 aromatic carbocycles. The van der Waals surface area contributed by atoms with E-state index < -0.39 is 0 Å². The number of aromatic nitrogens is 2. The Labute approximate surface area is 144 Å². The van der Waals surface area contributed by atoms with E-state index >= 15 is 0 Å². The van der Waals surface area contributed by atoms with Crippen molar-refractivity contribution in [2.24, 2.45) is 0 Å². The summed E-state index contributed by atoms with van der Waals surface area (Å²) in [5, 5.41) is 14.1. The minimum Gasteiger partial charge on any atom is -0.392 e. The number of amides is 1. The van der Waals surface area contributed by atoms with Gasteiger partial charge in [-0.05, 0) is 46.6 Å². The van der Waals surface area contributed by atoms with E-state index in [1.165, 1.54) is 18.5 Å². The number of nitrogens with zero attached hydrogens (tertiary/aromatic N) is 4. The van der Waals surface area contributed by atoms with E-state index in [0.29, 0.717) is 31.2 Å². The molecule has 2 fully saturated rings. The minimum absolute atomic E-state index is 0.0385. The van der Waals surface area contributed by atoms with Crippen molar-refractivity contribution in [2.75, 3.05) is 32.7 Å². The molecule has 3 rings (SSSR count). The highest BCUT2D eigenvalue weighted by molar-refractivity contribution is 5.92. The molecule has 1 atom stereocenters. The molecular formula is C18H30N4O2. The van der Waals surface area contributed by atoms with E-state index in [1.807, 2.05) is 15.6 Å². The molecule has 2 heterocycles. The lowest BCUT2D eigenvalue weighted by molar-refractivity contribution is 0.0548. The molecule has 1 aliphatic carbocycles. The summed E-state index contributed by atoms with van der Waals surface area (Å²) in [4.78, 5) is 16.9. The highest BCUT2D eigenvalue weighted by atomic mass is 16.3. The molecule has 1 unspecified atom stereocenters.